The van der Waals surface area contributed by atoms with Crippen LogP contribution >= 0.6 is 0 Å². The number of ether oxygens (including phenoxy) is 1. The van der Waals surface area contributed by atoms with Gasteiger partial charge in [0.15, 0.2) is 0 Å². The zero-order chi connectivity index (χ0) is 14.5. The maximum absolute atomic E-state index is 13.7. The minimum absolute atomic E-state index is 0.160. The van der Waals surface area contributed by atoms with Crippen molar-refractivity contribution in [3.63, 3.8) is 0 Å². The molecule has 1 aromatic rings. The number of nitrogens with two attached hydrogens (primary N) is 1. The molecule has 1 aromatic carbocycles. The largest absolute Gasteiger partial charge is 0.383 e. The fraction of sp³-hybridized carbons (Fsp3) is 0.500. The van der Waals surface area contributed by atoms with Crippen LogP contribution < -0.4 is 5.73 Å². The first-order valence-corrected chi connectivity index (χ1v) is 7.39. The molecule has 108 valence electrons. The third-order valence-electron chi connectivity index (χ3n) is 2.75. The average Bonchev–Trinajstić information content (AvgIpc) is 2.39. The van der Waals surface area contributed by atoms with E-state index < -0.39 is 15.8 Å². The smallest absolute Gasteiger partial charge is 0.246 e. The Bertz CT molecular complexity index is 520. The van der Waals surface area contributed by atoms with Gasteiger partial charge in [-0.3, -0.25) is 0 Å². The van der Waals surface area contributed by atoms with E-state index in [9.17, 15) is 12.8 Å². The maximum atomic E-state index is 13.7. The Kier molecular flexibility index (Phi) is 5.86. The summed E-state index contributed by atoms with van der Waals surface area (Å²) in [7, 11) is -2.38. The lowest BCUT2D eigenvalue weighted by molar-refractivity contribution is 0.180. The van der Waals surface area contributed by atoms with Crippen molar-refractivity contribution in [3.05, 3.63) is 29.6 Å². The number of halogens is 1. The molecule has 2 N–H and O–H groups in total. The predicted molar refractivity (Wildman–Crippen MR) is 70.6 cm³/mol. The minimum atomic E-state index is -3.86. The van der Waals surface area contributed by atoms with Gasteiger partial charge in [0.05, 0.1) is 6.61 Å². The van der Waals surface area contributed by atoms with Gasteiger partial charge in [-0.2, -0.15) is 4.31 Å². The number of methoxy groups -OCH3 is 1. The normalized spacial score (nSPS) is 12.1. The van der Waals surface area contributed by atoms with Gasteiger partial charge >= 0.3 is 0 Å². The molecular formula is C12H19FN2O3S. The lowest BCUT2D eigenvalue weighted by atomic mass is 10.2. The van der Waals surface area contributed by atoms with E-state index in [-0.39, 0.29) is 31.1 Å². The summed E-state index contributed by atoms with van der Waals surface area (Å²) >= 11 is 0. The molecule has 0 heterocycles. The SMILES string of the molecule is CCN(CCOC)S(=O)(=O)c1cc(CN)ccc1F. The van der Waals surface area contributed by atoms with Crippen LogP contribution in [0.2, 0.25) is 0 Å². The summed E-state index contributed by atoms with van der Waals surface area (Å²) in [4.78, 5) is -0.339. The number of rotatable bonds is 7. The zero-order valence-electron chi connectivity index (χ0n) is 11.1. The summed E-state index contributed by atoms with van der Waals surface area (Å²) in [6.07, 6.45) is 0. The molecule has 5 nitrogen and oxygen atoms in total. The van der Waals surface area contributed by atoms with Crippen molar-refractivity contribution in [1.29, 1.82) is 0 Å². The third-order valence-corrected chi connectivity index (χ3v) is 4.74. The molecule has 0 unspecified atom stereocenters. The van der Waals surface area contributed by atoms with Gasteiger partial charge in [0.1, 0.15) is 10.7 Å². The van der Waals surface area contributed by atoms with Gasteiger partial charge in [0.25, 0.3) is 0 Å². The highest BCUT2D eigenvalue weighted by atomic mass is 32.2. The molecule has 0 amide bonds. The number of nitrogens with zero attached hydrogens (tertiary/aromatic N) is 1. The number of hydrogen-bond donors (Lipinski definition) is 1. The van der Waals surface area contributed by atoms with Crippen LogP contribution in [0.4, 0.5) is 4.39 Å². The molecule has 0 aliphatic heterocycles. The Morgan fingerprint density at radius 3 is 2.63 bits per heavy atom. The highest BCUT2D eigenvalue weighted by Crippen LogP contribution is 2.20. The Morgan fingerprint density at radius 2 is 2.11 bits per heavy atom. The molecule has 19 heavy (non-hydrogen) atoms. The van der Waals surface area contributed by atoms with E-state index in [1.54, 1.807) is 6.92 Å². The van der Waals surface area contributed by atoms with Crippen LogP contribution in [0.25, 0.3) is 0 Å². The molecular weight excluding hydrogens is 271 g/mol. The maximum Gasteiger partial charge on any atom is 0.246 e. The Labute approximate surface area is 113 Å². The Balaban J connectivity index is 3.17. The van der Waals surface area contributed by atoms with E-state index in [2.05, 4.69) is 0 Å². The van der Waals surface area contributed by atoms with E-state index in [1.165, 1.54) is 23.5 Å². The average molecular weight is 290 g/mol. The Morgan fingerprint density at radius 1 is 1.42 bits per heavy atom. The van der Waals surface area contributed by atoms with Crippen LogP contribution in [-0.2, 0) is 21.3 Å². The van der Waals surface area contributed by atoms with Crippen LogP contribution in [0.5, 0.6) is 0 Å². The topological polar surface area (TPSA) is 72.6 Å². The molecule has 0 fully saturated rings. The van der Waals surface area contributed by atoms with Gasteiger partial charge in [-0.05, 0) is 17.7 Å². The molecule has 1 rings (SSSR count). The van der Waals surface area contributed by atoms with Crippen molar-refractivity contribution < 1.29 is 17.5 Å². The fourth-order valence-electron chi connectivity index (χ4n) is 1.65. The van der Waals surface area contributed by atoms with Gasteiger partial charge in [0, 0.05) is 26.7 Å². The number of sulfonamides is 1. The molecule has 0 atom stereocenters. The lowest BCUT2D eigenvalue weighted by Crippen LogP contribution is -2.34. The van der Waals surface area contributed by atoms with E-state index in [0.29, 0.717) is 5.56 Å². The van der Waals surface area contributed by atoms with Crippen molar-refractivity contribution in [2.75, 3.05) is 26.8 Å². The second kappa shape index (κ2) is 6.95. The molecule has 0 saturated carbocycles. The van der Waals surface area contributed by atoms with Crippen LogP contribution in [-0.4, -0.2) is 39.5 Å². The van der Waals surface area contributed by atoms with Crippen molar-refractivity contribution in [2.24, 2.45) is 5.73 Å². The van der Waals surface area contributed by atoms with Gasteiger partial charge < -0.3 is 10.5 Å². The summed E-state index contributed by atoms with van der Waals surface area (Å²) in [6, 6.07) is 3.87. The monoisotopic (exact) mass is 290 g/mol. The van der Waals surface area contributed by atoms with Crippen LogP contribution in [0, 0.1) is 5.82 Å². The zero-order valence-corrected chi connectivity index (χ0v) is 11.9. The standard InChI is InChI=1S/C12H19FN2O3S/c1-3-15(6-7-18-2)19(16,17)12-8-10(9-14)4-5-11(12)13/h4-5,8H,3,6-7,9,14H2,1-2H3. The highest BCUT2D eigenvalue weighted by Gasteiger charge is 2.26. The molecule has 0 bridgehead atoms. The van der Waals surface area contributed by atoms with Gasteiger partial charge in [-0.1, -0.05) is 13.0 Å². The number of benzene rings is 1. The molecule has 0 aliphatic carbocycles. The Hall–Kier alpha value is -1.02. The van der Waals surface area contributed by atoms with E-state index in [0.717, 1.165) is 6.07 Å². The van der Waals surface area contributed by atoms with Gasteiger partial charge in [-0.15, -0.1) is 0 Å². The molecule has 0 radical (unpaired) electrons. The quantitative estimate of drug-likeness (QED) is 0.811. The molecule has 0 saturated heterocycles. The first-order valence-electron chi connectivity index (χ1n) is 5.95. The van der Waals surface area contributed by atoms with Gasteiger partial charge in [0.2, 0.25) is 10.0 Å². The summed E-state index contributed by atoms with van der Waals surface area (Å²) in [5.41, 5.74) is 6.02. The molecule has 0 aromatic heterocycles. The lowest BCUT2D eigenvalue weighted by Gasteiger charge is -2.20. The molecule has 7 heteroatoms. The first-order chi connectivity index (χ1) is 8.97. The second-order valence-electron chi connectivity index (χ2n) is 3.96. The first kappa shape index (κ1) is 16.0. The number of hydrogen-bond acceptors (Lipinski definition) is 4. The van der Waals surface area contributed by atoms with E-state index in [4.69, 9.17) is 10.5 Å². The van der Waals surface area contributed by atoms with E-state index >= 15 is 0 Å². The summed E-state index contributed by atoms with van der Waals surface area (Å²) in [5.74, 6) is -0.770. The molecule has 0 spiro atoms. The van der Waals surface area contributed by atoms with Crippen LogP contribution in [0.15, 0.2) is 23.1 Å². The minimum Gasteiger partial charge on any atom is -0.383 e. The fourth-order valence-corrected chi connectivity index (χ4v) is 3.20. The predicted octanol–water partition coefficient (Wildman–Crippen LogP) is 0.941. The van der Waals surface area contributed by atoms with Crippen molar-refractivity contribution in [1.82, 2.24) is 4.31 Å². The van der Waals surface area contributed by atoms with Crippen LogP contribution in [0.3, 0.4) is 0 Å². The van der Waals surface area contributed by atoms with Crippen molar-refractivity contribution in [3.8, 4) is 0 Å². The van der Waals surface area contributed by atoms with Crippen molar-refractivity contribution >= 4 is 10.0 Å². The third kappa shape index (κ3) is 3.73. The van der Waals surface area contributed by atoms with Crippen molar-refractivity contribution in [2.45, 2.75) is 18.4 Å². The van der Waals surface area contributed by atoms with E-state index in [1.807, 2.05) is 0 Å². The second-order valence-corrected chi connectivity index (χ2v) is 5.86. The summed E-state index contributed by atoms with van der Waals surface area (Å²) in [6.45, 7) is 2.54. The van der Waals surface area contributed by atoms with Gasteiger partial charge in [-0.25, -0.2) is 12.8 Å². The molecule has 0 aliphatic rings. The number of likely N-dealkylation sites (N-methyl/N-ethyl adjacent to an activating group) is 1. The summed E-state index contributed by atoms with van der Waals surface area (Å²) < 4.78 is 44.5. The van der Waals surface area contributed by atoms with Crippen LogP contribution in [0.1, 0.15) is 12.5 Å². The highest BCUT2D eigenvalue weighted by molar-refractivity contribution is 7.89. The summed E-state index contributed by atoms with van der Waals surface area (Å²) in [5, 5.41) is 0.